The van der Waals surface area contributed by atoms with Crippen molar-refractivity contribution in [1.82, 2.24) is 5.32 Å². The van der Waals surface area contributed by atoms with E-state index in [0.717, 1.165) is 4.90 Å². The summed E-state index contributed by atoms with van der Waals surface area (Å²) in [6.07, 6.45) is 2.05. The average Bonchev–Trinajstić information content (AvgIpc) is 3.10. The van der Waals surface area contributed by atoms with Crippen LogP contribution >= 0.6 is 23.4 Å². The van der Waals surface area contributed by atoms with Crippen molar-refractivity contribution in [2.75, 3.05) is 39.1 Å². The average molecular weight is 690 g/mol. The molecule has 10 nitrogen and oxygen atoms in total. The molecule has 4 aromatic carbocycles. The van der Waals surface area contributed by atoms with Gasteiger partial charge in [0, 0.05) is 21.2 Å². The van der Waals surface area contributed by atoms with Crippen molar-refractivity contribution in [3.05, 3.63) is 107 Å². The number of ether oxygens (including phenoxy) is 4. The summed E-state index contributed by atoms with van der Waals surface area (Å²) in [5.74, 6) is 0.366. The highest BCUT2D eigenvalue weighted by molar-refractivity contribution is 8.00. The molecule has 0 spiro atoms. The van der Waals surface area contributed by atoms with Gasteiger partial charge in [0.25, 0.3) is 11.8 Å². The Kier molecular flexibility index (Phi) is 12.8. The lowest BCUT2D eigenvalue weighted by molar-refractivity contribution is -0.116. The minimum Gasteiger partial charge on any atom is -0.495 e. The van der Waals surface area contributed by atoms with Gasteiger partial charge in [0.2, 0.25) is 11.7 Å². The van der Waals surface area contributed by atoms with E-state index in [1.165, 1.54) is 46.3 Å². The molecule has 250 valence electrons. The quantitative estimate of drug-likeness (QED) is 0.0932. The summed E-state index contributed by atoms with van der Waals surface area (Å²) in [5.41, 5.74) is 1.79. The molecule has 0 bridgehead atoms. The van der Waals surface area contributed by atoms with Crippen molar-refractivity contribution in [2.24, 2.45) is 0 Å². The number of benzene rings is 4. The smallest absolute Gasteiger partial charge is 0.272 e. The molecule has 3 N–H and O–H groups in total. The van der Waals surface area contributed by atoms with E-state index in [9.17, 15) is 14.4 Å². The van der Waals surface area contributed by atoms with E-state index in [1.54, 1.807) is 78.9 Å². The summed E-state index contributed by atoms with van der Waals surface area (Å²) >= 11 is 7.48. The summed E-state index contributed by atoms with van der Waals surface area (Å²) in [6, 6.07) is 24.0. The van der Waals surface area contributed by atoms with Gasteiger partial charge in [-0.2, -0.15) is 0 Å². The van der Waals surface area contributed by atoms with Crippen LogP contribution in [0.3, 0.4) is 0 Å². The van der Waals surface area contributed by atoms with Gasteiger partial charge in [-0.25, -0.2) is 0 Å². The van der Waals surface area contributed by atoms with Gasteiger partial charge in [0.1, 0.15) is 11.4 Å². The van der Waals surface area contributed by atoms with Gasteiger partial charge >= 0.3 is 0 Å². The zero-order valence-corrected chi connectivity index (χ0v) is 28.7. The first-order valence-electron chi connectivity index (χ1n) is 14.8. The van der Waals surface area contributed by atoms with Gasteiger partial charge in [0.15, 0.2) is 11.5 Å². The molecule has 4 rings (SSSR count). The molecule has 0 aliphatic rings. The topological polar surface area (TPSA) is 124 Å². The van der Waals surface area contributed by atoms with Gasteiger partial charge < -0.3 is 34.9 Å². The summed E-state index contributed by atoms with van der Waals surface area (Å²) in [6.45, 7) is 1.91. The number of methoxy groups -OCH3 is 4. The van der Waals surface area contributed by atoms with E-state index < -0.39 is 17.1 Å². The number of anilines is 2. The Bertz CT molecular complexity index is 1770. The summed E-state index contributed by atoms with van der Waals surface area (Å²) in [7, 11) is 5.98. The van der Waals surface area contributed by atoms with E-state index >= 15 is 0 Å². The number of thioether (sulfide) groups is 1. The molecular weight excluding hydrogens is 654 g/mol. The molecule has 0 aromatic heterocycles. The van der Waals surface area contributed by atoms with Crippen LogP contribution in [0.1, 0.15) is 29.3 Å². The fourth-order valence-electron chi connectivity index (χ4n) is 4.62. The van der Waals surface area contributed by atoms with Gasteiger partial charge in [-0.1, -0.05) is 42.8 Å². The van der Waals surface area contributed by atoms with Crippen LogP contribution < -0.4 is 34.9 Å². The highest BCUT2D eigenvalue weighted by atomic mass is 35.5. The lowest BCUT2D eigenvalue weighted by Crippen LogP contribution is -2.30. The predicted octanol–water partition coefficient (Wildman–Crippen LogP) is 7.29. The Morgan fingerprint density at radius 3 is 2.10 bits per heavy atom. The molecule has 0 saturated heterocycles. The number of hydrogen-bond donors (Lipinski definition) is 3. The Morgan fingerprint density at radius 1 is 0.792 bits per heavy atom. The number of amides is 3. The van der Waals surface area contributed by atoms with Crippen molar-refractivity contribution in [1.29, 1.82) is 0 Å². The molecule has 3 amide bonds. The molecule has 0 aliphatic heterocycles. The molecule has 0 heterocycles. The highest BCUT2D eigenvalue weighted by Gasteiger charge is 2.21. The monoisotopic (exact) mass is 689 g/mol. The number of carbonyl (C=O) groups is 3. The first kappa shape index (κ1) is 35.7. The molecular formula is C36H36ClN3O7S. The van der Waals surface area contributed by atoms with Crippen LogP contribution in [0.25, 0.3) is 6.08 Å². The van der Waals surface area contributed by atoms with Crippen molar-refractivity contribution < 1.29 is 33.3 Å². The van der Waals surface area contributed by atoms with Crippen molar-refractivity contribution in [3.8, 4) is 23.0 Å². The second-order valence-electron chi connectivity index (χ2n) is 10.2. The lowest BCUT2D eigenvalue weighted by Gasteiger charge is -2.17. The third-order valence-electron chi connectivity index (χ3n) is 6.98. The Morgan fingerprint density at radius 2 is 1.48 bits per heavy atom. The van der Waals surface area contributed by atoms with E-state index in [4.69, 9.17) is 30.5 Å². The van der Waals surface area contributed by atoms with Crippen LogP contribution in [0.5, 0.6) is 23.0 Å². The maximum atomic E-state index is 13.7. The van der Waals surface area contributed by atoms with Gasteiger partial charge in [-0.05, 0) is 78.7 Å². The van der Waals surface area contributed by atoms with Crippen molar-refractivity contribution >= 4 is 58.5 Å². The van der Waals surface area contributed by atoms with Crippen molar-refractivity contribution in [2.45, 2.75) is 23.5 Å². The molecule has 0 radical (unpaired) electrons. The third kappa shape index (κ3) is 9.24. The lowest BCUT2D eigenvalue weighted by atomic mass is 10.1. The fourth-order valence-corrected chi connectivity index (χ4v) is 5.80. The Labute approximate surface area is 288 Å². The molecule has 48 heavy (non-hydrogen) atoms. The van der Waals surface area contributed by atoms with E-state index in [1.807, 2.05) is 13.0 Å². The molecule has 0 saturated carbocycles. The highest BCUT2D eigenvalue weighted by Crippen LogP contribution is 2.39. The molecule has 12 heteroatoms. The minimum absolute atomic E-state index is 0.0301. The summed E-state index contributed by atoms with van der Waals surface area (Å²) in [4.78, 5) is 40.9. The van der Waals surface area contributed by atoms with Crippen LogP contribution in [0.2, 0.25) is 5.02 Å². The second-order valence-corrected chi connectivity index (χ2v) is 11.9. The maximum Gasteiger partial charge on any atom is 0.272 e. The number of carbonyl (C=O) groups excluding carboxylic acids is 3. The van der Waals surface area contributed by atoms with Crippen LogP contribution in [-0.4, -0.2) is 51.4 Å². The number of nitrogens with one attached hydrogen (secondary N) is 3. The largest absolute Gasteiger partial charge is 0.495 e. The van der Waals surface area contributed by atoms with Crippen LogP contribution in [0.15, 0.2) is 95.5 Å². The SMILES string of the molecule is CCC(Sc1cccc(NC(=O)/C(=C\c2cc(OC)c(OC)c(OC)c2)NC(=O)c2ccccc2)c1)C(=O)Nc1cc(Cl)ccc1OC. The predicted molar refractivity (Wildman–Crippen MR) is 190 cm³/mol. The Hall–Kier alpha value is -5.13. The third-order valence-corrected chi connectivity index (χ3v) is 8.57. The van der Waals surface area contributed by atoms with Crippen LogP contribution in [0.4, 0.5) is 11.4 Å². The molecule has 4 aromatic rings. The van der Waals surface area contributed by atoms with Gasteiger partial charge in [-0.15, -0.1) is 11.8 Å². The standard InChI is InChI=1S/C36H36ClN3O7S/c1-6-32(36(43)39-27-20-24(37)15-16-29(27)44-2)48-26-14-10-13-25(21-26)38-35(42)28(40-34(41)23-11-8-7-9-12-23)17-22-18-30(45-3)33(47-5)31(19-22)46-4/h7-21,32H,6H2,1-5H3,(H,38,42)(H,39,43)(H,40,41)/b28-17+. The fraction of sp³-hybridized carbons (Fsp3) is 0.194. The summed E-state index contributed by atoms with van der Waals surface area (Å²) in [5, 5.41) is 8.51. The van der Waals surface area contributed by atoms with Crippen LogP contribution in [0, 0.1) is 0 Å². The zero-order valence-electron chi connectivity index (χ0n) is 27.1. The molecule has 0 fully saturated rings. The normalized spacial score (nSPS) is 11.6. The number of rotatable bonds is 14. The second kappa shape index (κ2) is 17.1. The van der Waals surface area contributed by atoms with Crippen LogP contribution in [-0.2, 0) is 9.59 Å². The minimum atomic E-state index is -0.576. The number of hydrogen-bond acceptors (Lipinski definition) is 8. The van der Waals surface area contributed by atoms with E-state index in [-0.39, 0.29) is 11.6 Å². The Balaban J connectivity index is 1.58. The number of halogens is 1. The zero-order chi connectivity index (χ0) is 34.6. The van der Waals surface area contributed by atoms with E-state index in [0.29, 0.717) is 56.9 Å². The van der Waals surface area contributed by atoms with Gasteiger partial charge in [-0.3, -0.25) is 14.4 Å². The van der Waals surface area contributed by atoms with Gasteiger partial charge in [0.05, 0.1) is 39.4 Å². The summed E-state index contributed by atoms with van der Waals surface area (Å²) < 4.78 is 21.7. The molecule has 1 atom stereocenters. The van der Waals surface area contributed by atoms with E-state index in [2.05, 4.69) is 16.0 Å². The maximum absolute atomic E-state index is 13.7. The first-order valence-corrected chi connectivity index (χ1v) is 16.1. The molecule has 0 aliphatic carbocycles. The van der Waals surface area contributed by atoms with Crippen molar-refractivity contribution in [3.63, 3.8) is 0 Å². The molecule has 1 unspecified atom stereocenters. The first-order chi connectivity index (χ1) is 23.2.